The van der Waals surface area contributed by atoms with Gasteiger partial charge in [-0.2, -0.15) is 5.26 Å². The van der Waals surface area contributed by atoms with Gasteiger partial charge in [-0.25, -0.2) is 4.79 Å². The Bertz CT molecular complexity index is 1280. The summed E-state index contributed by atoms with van der Waals surface area (Å²) in [6.07, 6.45) is 3.59. The molecule has 1 aromatic heterocycles. The SMILES string of the molecule is N#C/C(=C/c1ccc(-c2ccc(C=C(c3ccccc3)c3ccccc3)cc2)s1)C(=O)O. The molecule has 0 saturated heterocycles. The lowest BCUT2D eigenvalue weighted by molar-refractivity contribution is -0.132. The predicted molar refractivity (Wildman–Crippen MR) is 131 cm³/mol. The Kier molecular flexibility index (Phi) is 6.41. The number of benzene rings is 3. The first-order valence-electron chi connectivity index (χ1n) is 10.0. The second-order valence-corrected chi connectivity index (χ2v) is 8.20. The van der Waals surface area contributed by atoms with Crippen molar-refractivity contribution in [1.82, 2.24) is 0 Å². The van der Waals surface area contributed by atoms with Crippen LogP contribution in [0.15, 0.2) is 103 Å². The van der Waals surface area contributed by atoms with Crippen molar-refractivity contribution < 1.29 is 9.90 Å². The zero-order valence-corrected chi connectivity index (χ0v) is 17.9. The summed E-state index contributed by atoms with van der Waals surface area (Å²) in [5.41, 5.74) is 5.33. The Morgan fingerprint density at radius 1 is 0.781 bits per heavy atom. The van der Waals surface area contributed by atoms with Crippen LogP contribution in [0.4, 0.5) is 0 Å². The normalized spacial score (nSPS) is 10.9. The summed E-state index contributed by atoms with van der Waals surface area (Å²) in [6, 6.07) is 34.4. The molecule has 32 heavy (non-hydrogen) atoms. The van der Waals surface area contributed by atoms with Gasteiger partial charge in [-0.05, 0) is 52.1 Å². The van der Waals surface area contributed by atoms with Crippen molar-refractivity contribution in [1.29, 1.82) is 5.26 Å². The van der Waals surface area contributed by atoms with Gasteiger partial charge in [0.2, 0.25) is 0 Å². The van der Waals surface area contributed by atoms with Gasteiger partial charge in [-0.15, -0.1) is 11.3 Å². The van der Waals surface area contributed by atoms with Gasteiger partial charge in [0, 0.05) is 9.75 Å². The van der Waals surface area contributed by atoms with Gasteiger partial charge in [-0.1, -0.05) is 84.9 Å². The molecule has 4 aromatic rings. The van der Waals surface area contributed by atoms with Crippen LogP contribution in [0.3, 0.4) is 0 Å². The second kappa shape index (κ2) is 9.74. The van der Waals surface area contributed by atoms with E-state index in [0.717, 1.165) is 37.6 Å². The quantitative estimate of drug-likeness (QED) is 0.202. The second-order valence-electron chi connectivity index (χ2n) is 7.09. The topological polar surface area (TPSA) is 61.1 Å². The summed E-state index contributed by atoms with van der Waals surface area (Å²) in [7, 11) is 0. The Balaban J connectivity index is 1.64. The molecule has 0 aliphatic carbocycles. The summed E-state index contributed by atoms with van der Waals surface area (Å²) >= 11 is 1.45. The Labute approximate surface area is 190 Å². The Morgan fingerprint density at radius 3 is 1.91 bits per heavy atom. The van der Waals surface area contributed by atoms with Gasteiger partial charge in [0.25, 0.3) is 0 Å². The summed E-state index contributed by atoms with van der Waals surface area (Å²) in [5.74, 6) is -1.22. The van der Waals surface area contributed by atoms with Crippen molar-refractivity contribution >= 4 is 35.0 Å². The predicted octanol–water partition coefficient (Wildman–Crippen LogP) is 7.00. The fourth-order valence-electron chi connectivity index (χ4n) is 3.35. The fourth-order valence-corrected chi connectivity index (χ4v) is 4.31. The lowest BCUT2D eigenvalue weighted by atomic mass is 9.95. The minimum absolute atomic E-state index is 0.270. The van der Waals surface area contributed by atoms with Gasteiger partial charge in [0.1, 0.15) is 11.6 Å². The molecule has 0 spiro atoms. The van der Waals surface area contributed by atoms with E-state index in [0.29, 0.717) is 0 Å². The molecular weight excluding hydrogens is 414 g/mol. The molecule has 0 unspecified atom stereocenters. The molecule has 1 N–H and O–H groups in total. The van der Waals surface area contributed by atoms with E-state index in [2.05, 4.69) is 54.6 Å². The van der Waals surface area contributed by atoms with Crippen molar-refractivity contribution in [3.63, 3.8) is 0 Å². The van der Waals surface area contributed by atoms with Gasteiger partial charge in [-0.3, -0.25) is 0 Å². The number of carboxylic acid groups (broad SMARTS) is 1. The number of hydrogen-bond donors (Lipinski definition) is 1. The molecule has 0 aliphatic rings. The van der Waals surface area contributed by atoms with Gasteiger partial charge >= 0.3 is 5.97 Å². The highest BCUT2D eigenvalue weighted by Crippen LogP contribution is 2.31. The summed E-state index contributed by atoms with van der Waals surface area (Å²) in [6.45, 7) is 0. The van der Waals surface area contributed by atoms with Crippen LogP contribution in [0.1, 0.15) is 21.6 Å². The van der Waals surface area contributed by atoms with Crippen molar-refractivity contribution in [3.8, 4) is 16.5 Å². The van der Waals surface area contributed by atoms with Crippen molar-refractivity contribution in [2.45, 2.75) is 0 Å². The van der Waals surface area contributed by atoms with Crippen LogP contribution >= 0.6 is 11.3 Å². The third-order valence-electron chi connectivity index (χ3n) is 4.94. The van der Waals surface area contributed by atoms with E-state index in [9.17, 15) is 4.79 Å². The van der Waals surface area contributed by atoms with Crippen LogP contribution in [0.25, 0.3) is 28.2 Å². The molecule has 0 amide bonds. The smallest absolute Gasteiger partial charge is 0.346 e. The fraction of sp³-hybridized carbons (Fsp3) is 0. The zero-order chi connectivity index (χ0) is 22.3. The maximum atomic E-state index is 11.1. The van der Waals surface area contributed by atoms with E-state index in [1.54, 1.807) is 6.07 Å². The Morgan fingerprint density at radius 2 is 1.38 bits per heavy atom. The number of aliphatic carboxylic acids is 1. The highest BCUT2D eigenvalue weighted by molar-refractivity contribution is 7.16. The van der Waals surface area contributed by atoms with Gasteiger partial charge < -0.3 is 5.11 Å². The summed E-state index contributed by atoms with van der Waals surface area (Å²) in [4.78, 5) is 12.8. The lowest BCUT2D eigenvalue weighted by Gasteiger charge is -2.09. The molecule has 0 bridgehead atoms. The van der Waals surface area contributed by atoms with E-state index in [1.165, 1.54) is 17.4 Å². The van der Waals surface area contributed by atoms with E-state index >= 15 is 0 Å². The molecule has 4 heteroatoms. The van der Waals surface area contributed by atoms with Crippen LogP contribution in [0.2, 0.25) is 0 Å². The summed E-state index contributed by atoms with van der Waals surface area (Å²) < 4.78 is 0. The molecule has 4 rings (SSSR count). The highest BCUT2D eigenvalue weighted by Gasteiger charge is 2.09. The molecular formula is C28H19NO2S. The first-order chi connectivity index (χ1) is 15.6. The molecule has 0 radical (unpaired) electrons. The van der Waals surface area contributed by atoms with Crippen LogP contribution in [-0.4, -0.2) is 11.1 Å². The standard InChI is InChI=1S/C28H19NO2S/c29-19-24(28(30)31)18-25-15-16-27(32-25)23-13-11-20(12-14-23)17-26(21-7-3-1-4-8-21)22-9-5-2-6-10-22/h1-18H,(H,30,31)/b24-18-. The van der Waals surface area contributed by atoms with Gasteiger partial charge in [0.15, 0.2) is 0 Å². The number of nitriles is 1. The number of carbonyl (C=O) groups is 1. The molecule has 3 nitrogen and oxygen atoms in total. The molecule has 0 saturated carbocycles. The molecule has 0 atom stereocenters. The Hall–Kier alpha value is -4.20. The molecule has 0 fully saturated rings. The molecule has 1 heterocycles. The number of nitrogens with zero attached hydrogens (tertiary/aromatic N) is 1. The van der Waals surface area contributed by atoms with Crippen molar-refractivity contribution in [2.75, 3.05) is 0 Å². The van der Waals surface area contributed by atoms with Crippen LogP contribution in [0, 0.1) is 11.3 Å². The average molecular weight is 434 g/mol. The number of carboxylic acids is 1. The van der Waals surface area contributed by atoms with Crippen molar-refractivity contribution in [3.05, 3.63) is 124 Å². The van der Waals surface area contributed by atoms with Gasteiger partial charge in [0.05, 0.1) is 0 Å². The first-order valence-corrected chi connectivity index (χ1v) is 10.8. The molecule has 3 aromatic carbocycles. The molecule has 154 valence electrons. The monoisotopic (exact) mass is 433 g/mol. The zero-order valence-electron chi connectivity index (χ0n) is 17.1. The van der Waals surface area contributed by atoms with E-state index < -0.39 is 5.97 Å². The van der Waals surface area contributed by atoms with Crippen LogP contribution in [0.5, 0.6) is 0 Å². The number of hydrogen-bond acceptors (Lipinski definition) is 3. The third-order valence-corrected chi connectivity index (χ3v) is 6.02. The minimum atomic E-state index is -1.22. The van der Waals surface area contributed by atoms with Crippen molar-refractivity contribution in [2.24, 2.45) is 0 Å². The number of rotatable bonds is 6. The van der Waals surface area contributed by atoms with Crippen LogP contribution in [-0.2, 0) is 4.79 Å². The van der Waals surface area contributed by atoms with E-state index in [-0.39, 0.29) is 5.57 Å². The maximum absolute atomic E-state index is 11.1. The first kappa shape index (κ1) is 21.0. The molecule has 0 aliphatic heterocycles. The highest BCUT2D eigenvalue weighted by atomic mass is 32.1. The van der Waals surface area contributed by atoms with Crippen LogP contribution < -0.4 is 0 Å². The van der Waals surface area contributed by atoms with E-state index in [1.807, 2.05) is 48.5 Å². The number of thiophene rings is 1. The third kappa shape index (κ3) is 4.92. The minimum Gasteiger partial charge on any atom is -0.477 e. The van der Waals surface area contributed by atoms with E-state index in [4.69, 9.17) is 10.4 Å². The largest absolute Gasteiger partial charge is 0.477 e. The summed E-state index contributed by atoms with van der Waals surface area (Å²) in [5, 5.41) is 18.0. The lowest BCUT2D eigenvalue weighted by Crippen LogP contribution is -1.96. The maximum Gasteiger partial charge on any atom is 0.346 e. The average Bonchev–Trinajstić information content (AvgIpc) is 3.31.